The van der Waals surface area contributed by atoms with E-state index in [9.17, 15) is 13.2 Å². The zero-order chi connectivity index (χ0) is 10.8. The number of hydrogen-bond acceptors (Lipinski definition) is 3. The topological polar surface area (TPSA) is 56.7 Å². The highest BCUT2D eigenvalue weighted by Gasteiger charge is 2.28. The molecule has 0 amide bonds. The number of rotatable bonds is 3. The summed E-state index contributed by atoms with van der Waals surface area (Å²) in [6, 6.07) is -0.350. The maximum Gasteiger partial charge on any atom is 0.408 e. The Bertz CT molecular complexity index is 293. The van der Waals surface area contributed by atoms with Crippen LogP contribution in [0.5, 0.6) is 0 Å². The monoisotopic (exact) mass is 208 g/mol. The van der Waals surface area contributed by atoms with Crippen LogP contribution in [0, 0.1) is 0 Å². The summed E-state index contributed by atoms with van der Waals surface area (Å²) in [6.45, 7) is 0.698. The van der Waals surface area contributed by atoms with Gasteiger partial charge in [-0.2, -0.15) is 13.2 Å². The molecule has 0 aliphatic carbocycles. The van der Waals surface area contributed by atoms with Crippen molar-refractivity contribution in [3.63, 3.8) is 0 Å². The van der Waals surface area contributed by atoms with E-state index in [-0.39, 0.29) is 6.04 Å². The van der Waals surface area contributed by atoms with Gasteiger partial charge in [0.25, 0.3) is 0 Å². The molecule has 0 radical (unpaired) electrons. The third kappa shape index (κ3) is 2.99. The molecule has 1 rings (SSSR count). The Kier molecular flexibility index (Phi) is 3.10. The van der Waals surface area contributed by atoms with E-state index in [4.69, 9.17) is 5.73 Å². The summed E-state index contributed by atoms with van der Waals surface area (Å²) in [7, 11) is 0. The van der Waals surface area contributed by atoms with Crippen LogP contribution in [0.25, 0.3) is 0 Å². The van der Waals surface area contributed by atoms with Gasteiger partial charge in [0.15, 0.2) is 0 Å². The number of hydrogen-bond donors (Lipinski definition) is 1. The standard InChI is InChI=1S/C7H11F3N4/c1-2-5(11)6-3-14(13-12-6)4-7(8,9)10/h3,5H,2,4,11H2,1H3. The minimum absolute atomic E-state index is 0.350. The minimum atomic E-state index is -4.28. The lowest BCUT2D eigenvalue weighted by atomic mass is 10.2. The number of nitrogens with two attached hydrogens (primary N) is 1. The Balaban J connectivity index is 2.69. The molecule has 0 bridgehead atoms. The van der Waals surface area contributed by atoms with Gasteiger partial charge in [-0.25, -0.2) is 4.68 Å². The Labute approximate surface area is 78.9 Å². The van der Waals surface area contributed by atoms with E-state index in [1.54, 1.807) is 0 Å². The smallest absolute Gasteiger partial charge is 0.323 e. The maximum absolute atomic E-state index is 11.9. The second-order valence-corrected chi connectivity index (χ2v) is 2.97. The second kappa shape index (κ2) is 3.95. The lowest BCUT2D eigenvalue weighted by Gasteiger charge is -2.04. The summed E-state index contributed by atoms with van der Waals surface area (Å²) in [4.78, 5) is 0. The fraction of sp³-hybridized carbons (Fsp3) is 0.714. The summed E-state index contributed by atoms with van der Waals surface area (Å²) in [5.74, 6) is 0. The molecule has 0 saturated heterocycles. The van der Waals surface area contributed by atoms with E-state index in [1.807, 2.05) is 6.92 Å². The first-order chi connectivity index (χ1) is 6.42. The fourth-order valence-corrected chi connectivity index (χ4v) is 0.953. The molecule has 0 aromatic carbocycles. The van der Waals surface area contributed by atoms with Gasteiger partial charge in [-0.3, -0.25) is 0 Å². The summed E-state index contributed by atoms with van der Waals surface area (Å²) in [5, 5.41) is 6.90. The molecule has 1 aromatic rings. The Morgan fingerprint density at radius 1 is 1.57 bits per heavy atom. The van der Waals surface area contributed by atoms with Crippen LogP contribution in [-0.2, 0) is 6.54 Å². The quantitative estimate of drug-likeness (QED) is 0.813. The Morgan fingerprint density at radius 2 is 2.21 bits per heavy atom. The SMILES string of the molecule is CCC(N)c1cn(CC(F)(F)F)nn1. The summed E-state index contributed by atoms with van der Waals surface area (Å²) < 4.78 is 36.5. The summed E-state index contributed by atoms with van der Waals surface area (Å²) >= 11 is 0. The van der Waals surface area contributed by atoms with Gasteiger partial charge in [-0.05, 0) is 6.42 Å². The molecule has 80 valence electrons. The Hall–Kier alpha value is -1.11. The van der Waals surface area contributed by atoms with Gasteiger partial charge < -0.3 is 5.73 Å². The average molecular weight is 208 g/mol. The predicted octanol–water partition coefficient (Wildman–Crippen LogP) is 1.25. The lowest BCUT2D eigenvalue weighted by Crippen LogP contribution is -2.18. The molecule has 0 saturated carbocycles. The van der Waals surface area contributed by atoms with Gasteiger partial charge in [-0.1, -0.05) is 12.1 Å². The van der Waals surface area contributed by atoms with Crippen LogP contribution in [0.2, 0.25) is 0 Å². The number of aromatic nitrogens is 3. The first-order valence-corrected chi connectivity index (χ1v) is 4.14. The predicted molar refractivity (Wildman–Crippen MR) is 43.3 cm³/mol. The maximum atomic E-state index is 11.9. The third-order valence-corrected chi connectivity index (χ3v) is 1.72. The highest BCUT2D eigenvalue weighted by atomic mass is 19.4. The Morgan fingerprint density at radius 3 is 2.71 bits per heavy atom. The van der Waals surface area contributed by atoms with E-state index in [0.717, 1.165) is 4.68 Å². The van der Waals surface area contributed by atoms with Gasteiger partial charge >= 0.3 is 6.18 Å². The fourth-order valence-electron chi connectivity index (χ4n) is 0.953. The van der Waals surface area contributed by atoms with Crippen molar-refractivity contribution in [3.8, 4) is 0 Å². The molecule has 0 aliphatic rings. The van der Waals surface area contributed by atoms with E-state index in [1.165, 1.54) is 6.20 Å². The highest BCUT2D eigenvalue weighted by molar-refractivity contribution is 4.98. The molecule has 7 heteroatoms. The van der Waals surface area contributed by atoms with Crippen molar-refractivity contribution < 1.29 is 13.2 Å². The molecule has 1 aromatic heterocycles. The van der Waals surface area contributed by atoms with Gasteiger partial charge in [0.05, 0.1) is 17.9 Å². The van der Waals surface area contributed by atoms with Crippen molar-refractivity contribution in [1.82, 2.24) is 15.0 Å². The van der Waals surface area contributed by atoms with Crippen molar-refractivity contribution in [2.45, 2.75) is 32.1 Å². The lowest BCUT2D eigenvalue weighted by molar-refractivity contribution is -0.142. The van der Waals surface area contributed by atoms with E-state index >= 15 is 0 Å². The van der Waals surface area contributed by atoms with Crippen LogP contribution in [0.3, 0.4) is 0 Å². The number of alkyl halides is 3. The van der Waals surface area contributed by atoms with E-state index in [0.29, 0.717) is 12.1 Å². The summed E-state index contributed by atoms with van der Waals surface area (Å²) in [6.07, 6.45) is -2.44. The first-order valence-electron chi connectivity index (χ1n) is 4.14. The van der Waals surface area contributed by atoms with Gasteiger partial charge in [0, 0.05) is 0 Å². The minimum Gasteiger partial charge on any atom is -0.323 e. The molecule has 2 N–H and O–H groups in total. The number of halogens is 3. The second-order valence-electron chi connectivity index (χ2n) is 2.97. The van der Waals surface area contributed by atoms with Crippen LogP contribution < -0.4 is 5.73 Å². The first kappa shape index (κ1) is 11.0. The van der Waals surface area contributed by atoms with E-state index < -0.39 is 12.7 Å². The van der Waals surface area contributed by atoms with Crippen LogP contribution in [0.1, 0.15) is 25.1 Å². The van der Waals surface area contributed by atoms with Crippen molar-refractivity contribution >= 4 is 0 Å². The molecular weight excluding hydrogens is 197 g/mol. The molecule has 14 heavy (non-hydrogen) atoms. The van der Waals surface area contributed by atoms with Crippen LogP contribution in [-0.4, -0.2) is 21.2 Å². The van der Waals surface area contributed by atoms with Crippen molar-refractivity contribution in [1.29, 1.82) is 0 Å². The van der Waals surface area contributed by atoms with Crippen molar-refractivity contribution in [3.05, 3.63) is 11.9 Å². The summed E-state index contributed by atoms with van der Waals surface area (Å²) in [5.41, 5.74) is 5.96. The molecule has 0 spiro atoms. The van der Waals surface area contributed by atoms with Gasteiger partial charge in [0.1, 0.15) is 6.54 Å². The molecule has 0 aliphatic heterocycles. The van der Waals surface area contributed by atoms with E-state index in [2.05, 4.69) is 10.3 Å². The zero-order valence-corrected chi connectivity index (χ0v) is 7.62. The molecule has 1 heterocycles. The molecule has 0 fully saturated rings. The van der Waals surface area contributed by atoms with Gasteiger partial charge in [0.2, 0.25) is 0 Å². The van der Waals surface area contributed by atoms with Crippen LogP contribution in [0.4, 0.5) is 13.2 Å². The third-order valence-electron chi connectivity index (χ3n) is 1.72. The van der Waals surface area contributed by atoms with Gasteiger partial charge in [-0.15, -0.1) is 5.10 Å². The van der Waals surface area contributed by atoms with Crippen LogP contribution in [0.15, 0.2) is 6.20 Å². The number of nitrogens with zero attached hydrogens (tertiary/aromatic N) is 3. The zero-order valence-electron chi connectivity index (χ0n) is 7.62. The molecule has 4 nitrogen and oxygen atoms in total. The molecular formula is C7H11F3N4. The van der Waals surface area contributed by atoms with Crippen molar-refractivity contribution in [2.24, 2.45) is 5.73 Å². The normalized spacial score (nSPS) is 14.4. The van der Waals surface area contributed by atoms with Crippen molar-refractivity contribution in [2.75, 3.05) is 0 Å². The average Bonchev–Trinajstić information content (AvgIpc) is 2.48. The molecule has 1 atom stereocenters. The van der Waals surface area contributed by atoms with Crippen LogP contribution >= 0.6 is 0 Å². The largest absolute Gasteiger partial charge is 0.408 e. The molecule has 1 unspecified atom stereocenters. The highest BCUT2D eigenvalue weighted by Crippen LogP contribution is 2.17.